The normalized spacial score (nSPS) is 11.5. The van der Waals surface area contributed by atoms with Crippen LogP contribution < -0.4 is 14.8 Å². The summed E-state index contributed by atoms with van der Waals surface area (Å²) in [6.07, 6.45) is 0.917. The predicted molar refractivity (Wildman–Crippen MR) is 115 cm³/mol. The zero-order valence-corrected chi connectivity index (χ0v) is 18.3. The predicted octanol–water partition coefficient (Wildman–Crippen LogP) is 3.12. The summed E-state index contributed by atoms with van der Waals surface area (Å²) in [5.41, 5.74) is 3.04. The van der Waals surface area contributed by atoms with E-state index >= 15 is 0 Å². The zero-order valence-electron chi connectivity index (χ0n) is 17.5. The SMILES string of the molecule is Cc1ccc(S(=O)(=O)NCCC(=O)NCCc2ccc(OC(C)C)cc2)cc1C. The molecule has 29 heavy (non-hydrogen) atoms. The summed E-state index contributed by atoms with van der Waals surface area (Å²) in [4.78, 5) is 12.2. The molecule has 158 valence electrons. The summed E-state index contributed by atoms with van der Waals surface area (Å²) >= 11 is 0. The van der Waals surface area contributed by atoms with Crippen LogP contribution in [0.25, 0.3) is 0 Å². The minimum atomic E-state index is -3.61. The van der Waals surface area contributed by atoms with E-state index in [1.54, 1.807) is 18.2 Å². The summed E-state index contributed by atoms with van der Waals surface area (Å²) in [5, 5.41) is 2.82. The van der Waals surface area contributed by atoms with E-state index in [0.717, 1.165) is 22.4 Å². The van der Waals surface area contributed by atoms with Crippen LogP contribution in [0.2, 0.25) is 0 Å². The minimum absolute atomic E-state index is 0.0579. The van der Waals surface area contributed by atoms with Crippen LogP contribution in [0.5, 0.6) is 5.75 Å². The number of sulfonamides is 1. The van der Waals surface area contributed by atoms with Crippen molar-refractivity contribution < 1.29 is 17.9 Å². The molecule has 0 spiro atoms. The van der Waals surface area contributed by atoms with Crippen LogP contribution in [-0.2, 0) is 21.2 Å². The Morgan fingerprint density at radius 2 is 1.69 bits per heavy atom. The highest BCUT2D eigenvalue weighted by atomic mass is 32.2. The van der Waals surface area contributed by atoms with E-state index in [9.17, 15) is 13.2 Å². The summed E-state index contributed by atoms with van der Waals surface area (Å²) in [7, 11) is -3.61. The monoisotopic (exact) mass is 418 g/mol. The number of hydrogen-bond donors (Lipinski definition) is 2. The van der Waals surface area contributed by atoms with Gasteiger partial charge in [0.1, 0.15) is 5.75 Å². The van der Waals surface area contributed by atoms with Gasteiger partial charge in [-0.3, -0.25) is 4.79 Å². The van der Waals surface area contributed by atoms with Gasteiger partial charge in [-0.15, -0.1) is 0 Å². The lowest BCUT2D eigenvalue weighted by molar-refractivity contribution is -0.120. The first kappa shape index (κ1) is 22.9. The van der Waals surface area contributed by atoms with Crippen LogP contribution >= 0.6 is 0 Å². The highest BCUT2D eigenvalue weighted by molar-refractivity contribution is 7.89. The number of ether oxygens (including phenoxy) is 1. The molecule has 0 fully saturated rings. The molecule has 6 nitrogen and oxygen atoms in total. The maximum atomic E-state index is 12.3. The van der Waals surface area contributed by atoms with Gasteiger partial charge < -0.3 is 10.1 Å². The summed E-state index contributed by atoms with van der Waals surface area (Å²) in [6, 6.07) is 12.8. The smallest absolute Gasteiger partial charge is 0.240 e. The molecule has 1 amide bonds. The Hall–Kier alpha value is -2.38. The second kappa shape index (κ2) is 10.4. The molecule has 2 aromatic rings. The van der Waals surface area contributed by atoms with Gasteiger partial charge >= 0.3 is 0 Å². The van der Waals surface area contributed by atoms with E-state index in [2.05, 4.69) is 10.0 Å². The van der Waals surface area contributed by atoms with Crippen molar-refractivity contribution in [1.29, 1.82) is 0 Å². The molecule has 0 aliphatic rings. The molecule has 0 unspecified atom stereocenters. The number of benzene rings is 2. The van der Waals surface area contributed by atoms with Gasteiger partial charge in [0, 0.05) is 19.5 Å². The summed E-state index contributed by atoms with van der Waals surface area (Å²) < 4.78 is 32.7. The molecular weight excluding hydrogens is 388 g/mol. The van der Waals surface area contributed by atoms with Crippen molar-refractivity contribution in [3.63, 3.8) is 0 Å². The molecule has 0 radical (unpaired) electrons. The Morgan fingerprint density at radius 3 is 2.31 bits per heavy atom. The van der Waals surface area contributed by atoms with Gasteiger partial charge in [-0.2, -0.15) is 0 Å². The third kappa shape index (κ3) is 7.51. The minimum Gasteiger partial charge on any atom is -0.491 e. The van der Waals surface area contributed by atoms with Crippen molar-refractivity contribution in [3.8, 4) is 5.75 Å². The first-order chi connectivity index (χ1) is 13.7. The molecule has 0 aromatic heterocycles. The van der Waals surface area contributed by atoms with Crippen LogP contribution in [0.1, 0.15) is 37.0 Å². The van der Waals surface area contributed by atoms with E-state index < -0.39 is 10.0 Å². The van der Waals surface area contributed by atoms with Crippen LogP contribution in [0, 0.1) is 13.8 Å². The largest absolute Gasteiger partial charge is 0.491 e. The van der Waals surface area contributed by atoms with E-state index in [-0.39, 0.29) is 29.9 Å². The Bertz CT molecular complexity index is 922. The first-order valence-corrected chi connectivity index (χ1v) is 11.2. The van der Waals surface area contributed by atoms with Crippen LogP contribution in [-0.4, -0.2) is 33.5 Å². The standard InChI is InChI=1S/C22H30N2O4S/c1-16(2)28-20-8-6-19(7-9-20)11-13-23-22(25)12-14-24-29(26,27)21-10-5-17(3)18(4)15-21/h5-10,15-16,24H,11-14H2,1-4H3,(H,23,25). The maximum absolute atomic E-state index is 12.3. The van der Waals surface area contributed by atoms with Gasteiger partial charge in [0.2, 0.25) is 15.9 Å². The fourth-order valence-corrected chi connectivity index (χ4v) is 3.82. The molecule has 0 atom stereocenters. The second-order valence-electron chi connectivity index (χ2n) is 7.30. The zero-order chi connectivity index (χ0) is 21.4. The molecule has 0 heterocycles. The molecule has 0 bridgehead atoms. The van der Waals surface area contributed by atoms with E-state index in [1.165, 1.54) is 0 Å². The fraction of sp³-hybridized carbons (Fsp3) is 0.409. The van der Waals surface area contributed by atoms with Crippen molar-refractivity contribution in [1.82, 2.24) is 10.0 Å². The average molecular weight is 419 g/mol. The number of aryl methyl sites for hydroxylation is 2. The number of amides is 1. The van der Waals surface area contributed by atoms with Crippen LogP contribution in [0.3, 0.4) is 0 Å². The Morgan fingerprint density at radius 1 is 1.00 bits per heavy atom. The lowest BCUT2D eigenvalue weighted by atomic mass is 10.1. The first-order valence-electron chi connectivity index (χ1n) is 9.76. The van der Waals surface area contributed by atoms with E-state index in [0.29, 0.717) is 13.0 Å². The molecule has 0 aliphatic heterocycles. The van der Waals surface area contributed by atoms with Crippen molar-refractivity contribution in [3.05, 3.63) is 59.2 Å². The molecule has 0 saturated heterocycles. The maximum Gasteiger partial charge on any atom is 0.240 e. The number of rotatable bonds is 10. The van der Waals surface area contributed by atoms with E-state index in [4.69, 9.17) is 4.74 Å². The number of carbonyl (C=O) groups is 1. The molecule has 2 N–H and O–H groups in total. The third-order valence-electron chi connectivity index (χ3n) is 4.46. The lowest BCUT2D eigenvalue weighted by Crippen LogP contribution is -2.31. The summed E-state index contributed by atoms with van der Waals surface area (Å²) in [6.45, 7) is 8.30. The van der Waals surface area contributed by atoms with Gasteiger partial charge in [0.15, 0.2) is 0 Å². The number of nitrogens with one attached hydrogen (secondary N) is 2. The Kier molecular flexibility index (Phi) is 8.22. The molecule has 0 saturated carbocycles. The summed E-state index contributed by atoms with van der Waals surface area (Å²) in [5.74, 6) is 0.636. The molecule has 2 aromatic carbocycles. The van der Waals surface area contributed by atoms with Crippen molar-refractivity contribution in [2.75, 3.05) is 13.1 Å². The van der Waals surface area contributed by atoms with Gasteiger partial charge in [-0.05, 0) is 75.1 Å². The van der Waals surface area contributed by atoms with Crippen molar-refractivity contribution in [2.24, 2.45) is 0 Å². The molecule has 7 heteroatoms. The van der Waals surface area contributed by atoms with Gasteiger partial charge in [-0.1, -0.05) is 18.2 Å². The van der Waals surface area contributed by atoms with Crippen molar-refractivity contribution in [2.45, 2.75) is 51.5 Å². The number of carbonyl (C=O) groups excluding carboxylic acids is 1. The quantitative estimate of drug-likeness (QED) is 0.621. The highest BCUT2D eigenvalue weighted by Gasteiger charge is 2.14. The lowest BCUT2D eigenvalue weighted by Gasteiger charge is -2.11. The highest BCUT2D eigenvalue weighted by Crippen LogP contribution is 2.15. The fourth-order valence-electron chi connectivity index (χ4n) is 2.70. The Labute approximate surface area is 173 Å². The van der Waals surface area contributed by atoms with E-state index in [1.807, 2.05) is 52.0 Å². The second-order valence-corrected chi connectivity index (χ2v) is 9.07. The molecular formula is C22H30N2O4S. The molecule has 0 aliphatic carbocycles. The third-order valence-corrected chi connectivity index (χ3v) is 5.92. The Balaban J connectivity index is 1.72. The van der Waals surface area contributed by atoms with Crippen molar-refractivity contribution >= 4 is 15.9 Å². The topological polar surface area (TPSA) is 84.5 Å². The molecule has 2 rings (SSSR count). The number of hydrogen-bond acceptors (Lipinski definition) is 4. The average Bonchev–Trinajstić information content (AvgIpc) is 2.64. The van der Waals surface area contributed by atoms with Gasteiger partial charge in [0.05, 0.1) is 11.0 Å². The van der Waals surface area contributed by atoms with Gasteiger partial charge in [0.25, 0.3) is 0 Å². The van der Waals surface area contributed by atoms with Crippen LogP contribution in [0.15, 0.2) is 47.4 Å². The van der Waals surface area contributed by atoms with Crippen LogP contribution in [0.4, 0.5) is 0 Å². The van der Waals surface area contributed by atoms with Gasteiger partial charge in [-0.25, -0.2) is 13.1 Å².